The number of benzene rings is 1. The maximum Gasteiger partial charge on any atom is 0.232 e. The van der Waals surface area contributed by atoms with Gasteiger partial charge in [0.05, 0.1) is 25.2 Å². The molecule has 1 N–H and O–H groups in total. The minimum atomic E-state index is 0.513. The number of nitrogens with one attached hydrogen (secondary N) is 1. The smallest absolute Gasteiger partial charge is 0.232 e. The van der Waals surface area contributed by atoms with Gasteiger partial charge in [-0.1, -0.05) is 35.9 Å². The van der Waals surface area contributed by atoms with E-state index in [9.17, 15) is 0 Å². The van der Waals surface area contributed by atoms with Gasteiger partial charge in [0.15, 0.2) is 0 Å². The molecule has 1 aromatic heterocycles. The summed E-state index contributed by atoms with van der Waals surface area (Å²) in [4.78, 5) is 8.52. The Bertz CT molecular complexity index is 522. The third-order valence-electron chi connectivity index (χ3n) is 2.44. The second kappa shape index (κ2) is 6.63. The Morgan fingerprint density at radius 3 is 2.94 bits per heavy atom. The molecule has 0 bridgehead atoms. The molecule has 18 heavy (non-hydrogen) atoms. The van der Waals surface area contributed by atoms with Gasteiger partial charge in [0.25, 0.3) is 0 Å². The van der Waals surface area contributed by atoms with E-state index in [-0.39, 0.29) is 0 Å². The van der Waals surface area contributed by atoms with Crippen LogP contribution in [-0.4, -0.2) is 17.1 Å². The van der Waals surface area contributed by atoms with Gasteiger partial charge in [-0.3, -0.25) is 9.71 Å². The SMILES string of the molecule is COc1cncc(-c2ccccc2CNSS)n1. The fraction of sp³-hybridized carbons (Fsp3) is 0.167. The van der Waals surface area contributed by atoms with E-state index in [2.05, 4.69) is 26.4 Å². The number of hydrogen-bond acceptors (Lipinski definition) is 6. The molecule has 0 saturated heterocycles. The molecule has 0 saturated carbocycles. The van der Waals surface area contributed by atoms with E-state index >= 15 is 0 Å². The lowest BCUT2D eigenvalue weighted by atomic mass is 10.1. The van der Waals surface area contributed by atoms with Gasteiger partial charge in [-0.15, -0.1) is 0 Å². The number of nitrogens with zero attached hydrogens (tertiary/aromatic N) is 2. The molecule has 2 rings (SSSR count). The van der Waals surface area contributed by atoms with Crippen LogP contribution in [-0.2, 0) is 6.54 Å². The Morgan fingerprint density at radius 1 is 1.33 bits per heavy atom. The number of methoxy groups -OCH3 is 1. The summed E-state index contributed by atoms with van der Waals surface area (Å²) in [6, 6.07) is 8.04. The molecule has 0 aliphatic carbocycles. The summed E-state index contributed by atoms with van der Waals surface area (Å²) >= 11 is 4.06. The van der Waals surface area contributed by atoms with E-state index < -0.39 is 0 Å². The fourth-order valence-electron chi connectivity index (χ4n) is 1.61. The van der Waals surface area contributed by atoms with E-state index in [1.807, 2.05) is 24.3 Å². The highest BCUT2D eigenvalue weighted by atomic mass is 33.1. The van der Waals surface area contributed by atoms with Crippen LogP contribution in [0, 0.1) is 0 Å². The van der Waals surface area contributed by atoms with E-state index in [0.717, 1.165) is 16.8 Å². The molecule has 4 nitrogen and oxygen atoms in total. The second-order valence-corrected chi connectivity index (χ2v) is 4.54. The van der Waals surface area contributed by atoms with Crippen LogP contribution in [0.15, 0.2) is 36.7 Å². The zero-order chi connectivity index (χ0) is 12.8. The molecule has 2 aromatic rings. The van der Waals surface area contributed by atoms with Gasteiger partial charge < -0.3 is 4.74 Å². The van der Waals surface area contributed by atoms with E-state index in [0.29, 0.717) is 12.4 Å². The summed E-state index contributed by atoms with van der Waals surface area (Å²) < 4.78 is 8.20. The predicted octanol–water partition coefficient (Wildman–Crippen LogP) is 2.73. The highest BCUT2D eigenvalue weighted by Crippen LogP contribution is 2.23. The summed E-state index contributed by atoms with van der Waals surface area (Å²) in [5.41, 5.74) is 2.98. The van der Waals surface area contributed by atoms with Gasteiger partial charge in [0, 0.05) is 12.1 Å². The van der Waals surface area contributed by atoms with Crippen LogP contribution in [0.25, 0.3) is 11.3 Å². The van der Waals surface area contributed by atoms with Gasteiger partial charge in [0.2, 0.25) is 5.88 Å². The van der Waals surface area contributed by atoms with Crippen molar-refractivity contribution in [2.45, 2.75) is 6.54 Å². The maximum atomic E-state index is 5.09. The third kappa shape index (κ3) is 3.16. The molecule has 0 amide bonds. The van der Waals surface area contributed by atoms with Crippen molar-refractivity contribution in [1.29, 1.82) is 0 Å². The first kappa shape index (κ1) is 13.2. The van der Waals surface area contributed by atoms with E-state index in [1.165, 1.54) is 11.0 Å². The molecule has 1 heterocycles. The van der Waals surface area contributed by atoms with E-state index in [4.69, 9.17) is 4.74 Å². The normalized spacial score (nSPS) is 10.3. The van der Waals surface area contributed by atoms with Gasteiger partial charge in [0.1, 0.15) is 0 Å². The highest BCUT2D eigenvalue weighted by molar-refractivity contribution is 8.67. The lowest BCUT2D eigenvalue weighted by Gasteiger charge is -2.09. The summed E-state index contributed by atoms with van der Waals surface area (Å²) in [5.74, 6) is 0.513. The van der Waals surface area contributed by atoms with Crippen LogP contribution in [0.4, 0.5) is 0 Å². The predicted molar refractivity (Wildman–Crippen MR) is 77.4 cm³/mol. The Hall–Kier alpha value is -1.24. The van der Waals surface area contributed by atoms with Crippen LogP contribution >= 0.6 is 22.6 Å². The molecule has 1 aromatic carbocycles. The number of aromatic nitrogens is 2. The zero-order valence-corrected chi connectivity index (χ0v) is 11.5. The molecule has 0 unspecified atom stereocenters. The topological polar surface area (TPSA) is 47.0 Å². The number of ether oxygens (including phenoxy) is 1. The largest absolute Gasteiger partial charge is 0.480 e. The third-order valence-corrected chi connectivity index (χ3v) is 3.10. The molecular formula is C12H13N3OS2. The van der Waals surface area contributed by atoms with Crippen molar-refractivity contribution in [3.63, 3.8) is 0 Å². The van der Waals surface area contributed by atoms with Crippen molar-refractivity contribution < 1.29 is 4.74 Å². The van der Waals surface area contributed by atoms with Crippen molar-refractivity contribution in [3.05, 3.63) is 42.2 Å². The van der Waals surface area contributed by atoms with Crippen molar-refractivity contribution in [1.82, 2.24) is 14.7 Å². The molecule has 0 fully saturated rings. The Kier molecular flexibility index (Phi) is 4.86. The summed E-state index contributed by atoms with van der Waals surface area (Å²) in [7, 11) is 2.87. The van der Waals surface area contributed by atoms with E-state index in [1.54, 1.807) is 19.5 Å². The van der Waals surface area contributed by atoms with Crippen LogP contribution in [0.1, 0.15) is 5.56 Å². The average molecular weight is 279 g/mol. The first-order valence-electron chi connectivity index (χ1n) is 5.32. The first-order chi connectivity index (χ1) is 8.85. The van der Waals surface area contributed by atoms with Crippen molar-refractivity contribution >= 4 is 22.6 Å². The van der Waals surface area contributed by atoms with Crippen molar-refractivity contribution in [2.75, 3.05) is 7.11 Å². The summed E-state index contributed by atoms with van der Waals surface area (Å²) in [5, 5.41) is 0. The van der Waals surface area contributed by atoms with Gasteiger partial charge in [-0.2, -0.15) is 0 Å². The number of hydrogen-bond donors (Lipinski definition) is 2. The minimum absolute atomic E-state index is 0.513. The van der Waals surface area contributed by atoms with Crippen molar-refractivity contribution in [2.24, 2.45) is 0 Å². The molecule has 0 atom stereocenters. The fourth-order valence-corrected chi connectivity index (χ4v) is 2.02. The van der Waals surface area contributed by atoms with Crippen molar-refractivity contribution in [3.8, 4) is 17.1 Å². The minimum Gasteiger partial charge on any atom is -0.480 e. The number of rotatable bonds is 5. The summed E-state index contributed by atoms with van der Waals surface area (Å²) in [6.45, 7) is 0.712. The molecule has 94 valence electrons. The molecular weight excluding hydrogens is 266 g/mol. The van der Waals surface area contributed by atoms with Crippen LogP contribution in [0.2, 0.25) is 0 Å². The monoisotopic (exact) mass is 279 g/mol. The van der Waals surface area contributed by atoms with Gasteiger partial charge in [-0.05, 0) is 16.5 Å². The average Bonchev–Trinajstić information content (AvgIpc) is 2.45. The highest BCUT2D eigenvalue weighted by Gasteiger charge is 2.07. The standard InChI is InChI=1S/C12H13N3OS2/c1-16-12-8-13-7-11(15-12)10-5-3-2-4-9(10)6-14-18-17/h2-5,7-8,14,17H,6H2,1H3. The molecule has 0 aliphatic rings. The number of thiol groups is 1. The second-order valence-electron chi connectivity index (χ2n) is 3.52. The van der Waals surface area contributed by atoms with Crippen LogP contribution in [0.3, 0.4) is 0 Å². The quantitative estimate of drug-likeness (QED) is 0.500. The van der Waals surface area contributed by atoms with Crippen LogP contribution in [0.5, 0.6) is 5.88 Å². The maximum absolute atomic E-state index is 5.09. The summed E-state index contributed by atoms with van der Waals surface area (Å²) in [6.07, 6.45) is 3.32. The van der Waals surface area contributed by atoms with Gasteiger partial charge >= 0.3 is 0 Å². The molecule has 0 aliphatic heterocycles. The molecule has 6 heteroatoms. The zero-order valence-electron chi connectivity index (χ0n) is 9.83. The van der Waals surface area contributed by atoms with Gasteiger partial charge in [-0.25, -0.2) is 4.98 Å². The molecule has 0 spiro atoms. The Balaban J connectivity index is 2.36. The molecule has 0 radical (unpaired) electrons. The van der Waals surface area contributed by atoms with Crippen LogP contribution < -0.4 is 9.46 Å². The lowest BCUT2D eigenvalue weighted by molar-refractivity contribution is 0.396. The Morgan fingerprint density at radius 2 is 2.17 bits per heavy atom. The lowest BCUT2D eigenvalue weighted by Crippen LogP contribution is -2.03. The Labute approximate surface area is 115 Å². The first-order valence-corrected chi connectivity index (χ1v) is 7.19.